The number of carbonyl (C=O) groups is 5. The van der Waals surface area contributed by atoms with Crippen LogP contribution < -0.4 is 4.74 Å². The summed E-state index contributed by atoms with van der Waals surface area (Å²) < 4.78 is 20.4. The number of benzene rings is 2. The van der Waals surface area contributed by atoms with Crippen molar-refractivity contribution < 1.29 is 42.9 Å². The third-order valence-corrected chi connectivity index (χ3v) is 6.45. The van der Waals surface area contributed by atoms with Gasteiger partial charge in [0, 0.05) is 17.2 Å². The zero-order valence-corrected chi connectivity index (χ0v) is 24.9. The molecule has 0 aliphatic carbocycles. The van der Waals surface area contributed by atoms with E-state index in [1.165, 1.54) is 31.4 Å². The molecule has 0 amide bonds. The van der Waals surface area contributed by atoms with E-state index in [0.717, 1.165) is 51.4 Å². The van der Waals surface area contributed by atoms with Crippen LogP contribution in [-0.2, 0) is 23.8 Å². The molecule has 0 fully saturated rings. The van der Waals surface area contributed by atoms with E-state index in [1.807, 2.05) is 0 Å². The summed E-state index contributed by atoms with van der Waals surface area (Å²) in [7, 11) is 1.28. The molecule has 0 spiro atoms. The summed E-state index contributed by atoms with van der Waals surface area (Å²) in [6.45, 7) is 5.85. The first kappa shape index (κ1) is 34.7. The fraction of sp³-hybridized carbons (Fsp3) is 0.382. The van der Waals surface area contributed by atoms with Gasteiger partial charge in [-0.2, -0.15) is 0 Å². The minimum absolute atomic E-state index is 0.0259. The van der Waals surface area contributed by atoms with Gasteiger partial charge in [-0.05, 0) is 61.7 Å². The van der Waals surface area contributed by atoms with Crippen LogP contribution in [0.4, 0.5) is 0 Å². The number of carbonyl (C=O) groups excluding carboxylic acids is 5. The number of esters is 4. The van der Waals surface area contributed by atoms with Crippen LogP contribution in [0.3, 0.4) is 0 Å². The summed E-state index contributed by atoms with van der Waals surface area (Å²) in [4.78, 5) is 59.3. The number of rotatable bonds is 19. The van der Waals surface area contributed by atoms with E-state index < -0.39 is 17.9 Å². The standard InChI is InChI=1S/C34H40O9/c1-25(2)32(37)41-21-11-9-7-5-4-6-8-10-12-22-42-34(39)30-23-29(19-18-28(30)24-35)43-33(38)27-16-13-26(14-17-27)15-20-31(36)40-3/h13-20,23-24H,1,4-12,21-22H2,2-3H3. The highest BCUT2D eigenvalue weighted by molar-refractivity contribution is 5.99. The van der Waals surface area contributed by atoms with Gasteiger partial charge in [-0.3, -0.25) is 4.79 Å². The Morgan fingerprint density at radius 2 is 1.35 bits per heavy atom. The molecule has 0 unspecified atom stereocenters. The van der Waals surface area contributed by atoms with Gasteiger partial charge in [0.2, 0.25) is 0 Å². The molecule has 0 N–H and O–H groups in total. The second-order valence-corrected chi connectivity index (χ2v) is 9.97. The lowest BCUT2D eigenvalue weighted by molar-refractivity contribution is -0.139. The molecule has 0 atom stereocenters. The fourth-order valence-corrected chi connectivity index (χ4v) is 3.98. The van der Waals surface area contributed by atoms with Crippen LogP contribution >= 0.6 is 0 Å². The van der Waals surface area contributed by atoms with Crippen LogP contribution in [0, 0.1) is 0 Å². The molecule has 0 aliphatic heterocycles. The van der Waals surface area contributed by atoms with Crippen LogP contribution in [0.1, 0.15) is 101 Å². The normalized spacial score (nSPS) is 10.7. The molecule has 0 radical (unpaired) electrons. The SMILES string of the molecule is C=C(C)C(=O)OCCCCCCCCCCCOC(=O)c1cc(OC(=O)c2ccc(C=CC(=O)OC)cc2)ccc1C=O. The van der Waals surface area contributed by atoms with Gasteiger partial charge < -0.3 is 18.9 Å². The molecular weight excluding hydrogens is 552 g/mol. The largest absolute Gasteiger partial charge is 0.466 e. The Morgan fingerprint density at radius 3 is 1.91 bits per heavy atom. The molecule has 9 heteroatoms. The second-order valence-electron chi connectivity index (χ2n) is 9.97. The minimum Gasteiger partial charge on any atom is -0.466 e. The van der Waals surface area contributed by atoms with Crippen LogP contribution in [0.2, 0.25) is 0 Å². The smallest absolute Gasteiger partial charge is 0.343 e. The van der Waals surface area contributed by atoms with Gasteiger partial charge in [0.05, 0.1) is 31.5 Å². The first-order valence-corrected chi connectivity index (χ1v) is 14.4. The molecule has 0 bridgehead atoms. The van der Waals surface area contributed by atoms with Crippen molar-refractivity contribution in [3.05, 3.63) is 82.9 Å². The zero-order valence-electron chi connectivity index (χ0n) is 24.9. The molecule has 230 valence electrons. The number of aldehydes is 1. The van der Waals surface area contributed by atoms with Crippen molar-refractivity contribution in [2.24, 2.45) is 0 Å². The average molecular weight is 593 g/mol. The highest BCUT2D eigenvalue weighted by atomic mass is 16.5. The van der Waals surface area contributed by atoms with Gasteiger partial charge >= 0.3 is 23.9 Å². The van der Waals surface area contributed by atoms with Crippen LogP contribution in [0.15, 0.2) is 60.7 Å². The lowest BCUT2D eigenvalue weighted by atomic mass is 10.1. The van der Waals surface area contributed by atoms with Gasteiger partial charge in [-0.15, -0.1) is 0 Å². The molecule has 0 aromatic heterocycles. The van der Waals surface area contributed by atoms with Gasteiger partial charge in [-0.25, -0.2) is 19.2 Å². The minimum atomic E-state index is -0.657. The van der Waals surface area contributed by atoms with Gasteiger partial charge in [0.25, 0.3) is 0 Å². The fourth-order valence-electron chi connectivity index (χ4n) is 3.98. The first-order valence-electron chi connectivity index (χ1n) is 14.4. The van der Waals surface area contributed by atoms with Gasteiger partial charge in [0.1, 0.15) is 5.75 Å². The second kappa shape index (κ2) is 19.6. The van der Waals surface area contributed by atoms with E-state index in [9.17, 15) is 24.0 Å². The summed E-state index contributed by atoms with van der Waals surface area (Å²) in [5, 5.41) is 0. The van der Waals surface area contributed by atoms with Crippen molar-refractivity contribution in [2.45, 2.75) is 64.7 Å². The first-order chi connectivity index (χ1) is 20.7. The summed E-state index contributed by atoms with van der Waals surface area (Å²) in [6, 6.07) is 10.5. The Bertz CT molecular complexity index is 1280. The molecule has 2 aromatic carbocycles. The van der Waals surface area contributed by atoms with E-state index in [1.54, 1.807) is 37.3 Å². The van der Waals surface area contributed by atoms with Crippen LogP contribution in [-0.4, -0.2) is 50.5 Å². The van der Waals surface area contributed by atoms with E-state index in [2.05, 4.69) is 11.3 Å². The average Bonchev–Trinajstić information content (AvgIpc) is 3.01. The summed E-state index contributed by atoms with van der Waals surface area (Å²) >= 11 is 0. The molecular formula is C34H40O9. The van der Waals surface area contributed by atoms with E-state index >= 15 is 0 Å². The maximum atomic E-state index is 12.7. The van der Waals surface area contributed by atoms with Crippen LogP contribution in [0.5, 0.6) is 5.75 Å². The number of methoxy groups -OCH3 is 1. The maximum Gasteiger partial charge on any atom is 0.343 e. The number of ether oxygens (including phenoxy) is 4. The Kier molecular flexibility index (Phi) is 15.8. The van der Waals surface area contributed by atoms with E-state index in [0.29, 0.717) is 30.5 Å². The zero-order chi connectivity index (χ0) is 31.5. The van der Waals surface area contributed by atoms with Crippen molar-refractivity contribution in [2.75, 3.05) is 20.3 Å². The Labute approximate surface area is 252 Å². The highest BCUT2D eigenvalue weighted by Crippen LogP contribution is 2.20. The topological polar surface area (TPSA) is 122 Å². The van der Waals surface area contributed by atoms with E-state index in [4.69, 9.17) is 14.2 Å². The summed E-state index contributed by atoms with van der Waals surface area (Å²) in [5.41, 5.74) is 1.54. The third-order valence-electron chi connectivity index (χ3n) is 6.45. The predicted molar refractivity (Wildman–Crippen MR) is 162 cm³/mol. The quantitative estimate of drug-likeness (QED) is 0.0438. The molecule has 0 heterocycles. The van der Waals surface area contributed by atoms with Gasteiger partial charge in [-0.1, -0.05) is 63.7 Å². The number of hydrogen-bond acceptors (Lipinski definition) is 9. The molecule has 43 heavy (non-hydrogen) atoms. The van der Waals surface area contributed by atoms with Crippen molar-refractivity contribution in [1.29, 1.82) is 0 Å². The molecule has 0 saturated carbocycles. The molecule has 0 aliphatic rings. The Balaban J connectivity index is 1.70. The Hall–Kier alpha value is -4.53. The van der Waals surface area contributed by atoms with E-state index in [-0.39, 0.29) is 35.0 Å². The maximum absolute atomic E-state index is 12.7. The molecule has 2 aromatic rings. The summed E-state index contributed by atoms with van der Waals surface area (Å²) in [5.74, 6) is -2.03. The molecule has 2 rings (SSSR count). The van der Waals surface area contributed by atoms with Crippen molar-refractivity contribution in [1.82, 2.24) is 0 Å². The number of hydrogen-bond donors (Lipinski definition) is 0. The monoisotopic (exact) mass is 592 g/mol. The van der Waals surface area contributed by atoms with Crippen LogP contribution in [0.25, 0.3) is 6.08 Å². The highest BCUT2D eigenvalue weighted by Gasteiger charge is 2.16. The van der Waals surface area contributed by atoms with Crippen molar-refractivity contribution in [3.8, 4) is 5.75 Å². The third kappa shape index (κ3) is 13.3. The lowest BCUT2D eigenvalue weighted by Gasteiger charge is -2.10. The van der Waals surface area contributed by atoms with Crippen molar-refractivity contribution in [3.63, 3.8) is 0 Å². The van der Waals surface area contributed by atoms with Gasteiger partial charge in [0.15, 0.2) is 6.29 Å². The molecule has 0 saturated heterocycles. The lowest BCUT2D eigenvalue weighted by Crippen LogP contribution is -2.12. The number of unbranched alkanes of at least 4 members (excludes halogenated alkanes) is 8. The van der Waals surface area contributed by atoms with Crippen molar-refractivity contribution >= 4 is 36.2 Å². The molecule has 9 nitrogen and oxygen atoms in total. The predicted octanol–water partition coefficient (Wildman–Crippen LogP) is 6.69. The summed E-state index contributed by atoms with van der Waals surface area (Å²) in [6.07, 6.45) is 12.3. The Morgan fingerprint density at radius 1 is 0.767 bits per heavy atom.